The molecule has 100 valence electrons. The molecule has 0 radical (unpaired) electrons. The number of benzene rings is 2. The summed E-state index contributed by atoms with van der Waals surface area (Å²) in [6.45, 7) is 0. The van der Waals surface area contributed by atoms with Gasteiger partial charge in [-0.3, -0.25) is 4.79 Å². The first-order valence-electron chi connectivity index (χ1n) is 6.44. The molecule has 0 unspecified atom stereocenters. The Morgan fingerprint density at radius 1 is 1.10 bits per heavy atom. The SMILES string of the molecule is COc1ccc2c(c1)/C(=C\c1ccccc1)C(=O)N2C. The lowest BCUT2D eigenvalue weighted by Gasteiger charge is -2.09. The Bertz CT molecular complexity index is 689. The second-order valence-electron chi connectivity index (χ2n) is 4.72. The van der Waals surface area contributed by atoms with Gasteiger partial charge in [0.25, 0.3) is 5.91 Å². The van der Waals surface area contributed by atoms with E-state index in [-0.39, 0.29) is 5.91 Å². The quantitative estimate of drug-likeness (QED) is 0.780. The summed E-state index contributed by atoms with van der Waals surface area (Å²) in [5.74, 6) is 0.767. The van der Waals surface area contributed by atoms with Crippen molar-refractivity contribution in [3.63, 3.8) is 0 Å². The van der Waals surface area contributed by atoms with E-state index in [1.165, 1.54) is 0 Å². The summed E-state index contributed by atoms with van der Waals surface area (Å²) in [5.41, 5.74) is 3.55. The molecule has 1 heterocycles. The van der Waals surface area contributed by atoms with Crippen LogP contribution in [0, 0.1) is 0 Å². The summed E-state index contributed by atoms with van der Waals surface area (Å²) in [6, 6.07) is 15.5. The molecule has 0 fully saturated rings. The molecule has 2 aromatic carbocycles. The molecule has 0 saturated heterocycles. The highest BCUT2D eigenvalue weighted by molar-refractivity contribution is 6.35. The molecule has 0 N–H and O–H groups in total. The standard InChI is InChI=1S/C17H15NO2/c1-18-16-9-8-13(20-2)11-14(16)15(17(18)19)10-12-6-4-3-5-7-12/h3-11H,1-2H3/b15-10+. The van der Waals surface area contributed by atoms with E-state index in [0.717, 1.165) is 22.6 Å². The maximum Gasteiger partial charge on any atom is 0.258 e. The maximum absolute atomic E-state index is 12.4. The molecule has 0 aliphatic carbocycles. The molecular formula is C17H15NO2. The van der Waals surface area contributed by atoms with E-state index in [4.69, 9.17) is 4.74 Å². The lowest BCUT2D eigenvalue weighted by atomic mass is 10.0. The summed E-state index contributed by atoms with van der Waals surface area (Å²) in [6.07, 6.45) is 1.92. The monoisotopic (exact) mass is 265 g/mol. The lowest BCUT2D eigenvalue weighted by Crippen LogP contribution is -2.20. The predicted octanol–water partition coefficient (Wildman–Crippen LogP) is 3.21. The summed E-state index contributed by atoms with van der Waals surface area (Å²) in [7, 11) is 3.42. The van der Waals surface area contributed by atoms with Crippen molar-refractivity contribution < 1.29 is 9.53 Å². The van der Waals surface area contributed by atoms with Gasteiger partial charge in [0.1, 0.15) is 5.75 Å². The van der Waals surface area contributed by atoms with Crippen molar-refractivity contribution in [2.45, 2.75) is 0 Å². The van der Waals surface area contributed by atoms with E-state index in [0.29, 0.717) is 5.57 Å². The topological polar surface area (TPSA) is 29.5 Å². The highest BCUT2D eigenvalue weighted by Crippen LogP contribution is 2.38. The molecule has 0 bridgehead atoms. The number of hydrogen-bond acceptors (Lipinski definition) is 2. The summed E-state index contributed by atoms with van der Waals surface area (Å²) in [5, 5.41) is 0. The van der Waals surface area contributed by atoms with Gasteiger partial charge in [-0.25, -0.2) is 0 Å². The third-order valence-electron chi connectivity index (χ3n) is 3.50. The van der Waals surface area contributed by atoms with Crippen molar-refractivity contribution in [1.29, 1.82) is 0 Å². The molecule has 0 atom stereocenters. The number of amides is 1. The number of carbonyl (C=O) groups excluding carboxylic acids is 1. The van der Waals surface area contributed by atoms with Gasteiger partial charge in [0.05, 0.1) is 12.8 Å². The van der Waals surface area contributed by atoms with E-state index in [2.05, 4.69) is 0 Å². The van der Waals surface area contributed by atoms with Crippen LogP contribution in [0.3, 0.4) is 0 Å². The fraction of sp³-hybridized carbons (Fsp3) is 0.118. The van der Waals surface area contributed by atoms with Crippen LogP contribution in [0.1, 0.15) is 11.1 Å². The molecule has 0 aromatic heterocycles. The van der Waals surface area contributed by atoms with Gasteiger partial charge < -0.3 is 9.64 Å². The van der Waals surface area contributed by atoms with Crippen LogP contribution >= 0.6 is 0 Å². The van der Waals surface area contributed by atoms with E-state index < -0.39 is 0 Å². The van der Waals surface area contributed by atoms with Gasteiger partial charge in [0, 0.05) is 18.2 Å². The van der Waals surface area contributed by atoms with Gasteiger partial charge in [-0.15, -0.1) is 0 Å². The zero-order valence-electron chi connectivity index (χ0n) is 11.5. The largest absolute Gasteiger partial charge is 0.497 e. The first-order chi connectivity index (χ1) is 9.70. The highest BCUT2D eigenvalue weighted by atomic mass is 16.5. The second kappa shape index (κ2) is 4.85. The number of rotatable bonds is 2. The smallest absolute Gasteiger partial charge is 0.258 e. The van der Waals surface area contributed by atoms with Crippen LogP contribution in [0.4, 0.5) is 5.69 Å². The normalized spacial score (nSPS) is 15.6. The molecule has 2 aromatic rings. The predicted molar refractivity (Wildman–Crippen MR) is 80.7 cm³/mol. The molecule has 1 aliphatic rings. The first kappa shape index (κ1) is 12.5. The first-order valence-corrected chi connectivity index (χ1v) is 6.44. The molecule has 20 heavy (non-hydrogen) atoms. The van der Waals surface area contributed by atoms with Crippen LogP contribution in [0.25, 0.3) is 11.6 Å². The van der Waals surface area contributed by atoms with Gasteiger partial charge in [-0.05, 0) is 29.8 Å². The number of hydrogen-bond donors (Lipinski definition) is 0. The minimum atomic E-state index is 0.0112. The fourth-order valence-electron chi connectivity index (χ4n) is 2.41. The molecule has 3 heteroatoms. The second-order valence-corrected chi connectivity index (χ2v) is 4.72. The van der Waals surface area contributed by atoms with E-state index in [1.807, 2.05) is 54.6 Å². The summed E-state index contributed by atoms with van der Waals surface area (Å²) >= 11 is 0. The number of ether oxygens (including phenoxy) is 1. The van der Waals surface area contributed by atoms with Crippen LogP contribution in [-0.4, -0.2) is 20.1 Å². The van der Waals surface area contributed by atoms with Crippen LogP contribution in [0.15, 0.2) is 48.5 Å². The van der Waals surface area contributed by atoms with Crippen LogP contribution < -0.4 is 9.64 Å². The Kier molecular flexibility index (Phi) is 3.03. The van der Waals surface area contributed by atoms with Crippen molar-refractivity contribution in [2.24, 2.45) is 0 Å². The Morgan fingerprint density at radius 3 is 2.55 bits per heavy atom. The number of methoxy groups -OCH3 is 1. The van der Waals surface area contributed by atoms with Crippen molar-refractivity contribution in [2.75, 3.05) is 19.1 Å². The van der Waals surface area contributed by atoms with Crippen LogP contribution in [-0.2, 0) is 4.79 Å². The minimum Gasteiger partial charge on any atom is -0.497 e. The Balaban J connectivity index is 2.14. The maximum atomic E-state index is 12.4. The zero-order valence-corrected chi connectivity index (χ0v) is 11.5. The minimum absolute atomic E-state index is 0.0112. The number of fused-ring (bicyclic) bond motifs is 1. The number of carbonyl (C=O) groups is 1. The number of anilines is 1. The molecular weight excluding hydrogens is 250 g/mol. The zero-order chi connectivity index (χ0) is 14.1. The molecule has 1 amide bonds. The molecule has 1 aliphatic heterocycles. The Labute approximate surface area is 118 Å². The summed E-state index contributed by atoms with van der Waals surface area (Å²) in [4.78, 5) is 14.1. The van der Waals surface area contributed by atoms with E-state index in [1.54, 1.807) is 19.1 Å². The highest BCUT2D eigenvalue weighted by Gasteiger charge is 2.29. The molecule has 0 spiro atoms. The Morgan fingerprint density at radius 2 is 1.85 bits per heavy atom. The Hall–Kier alpha value is -2.55. The average molecular weight is 265 g/mol. The van der Waals surface area contributed by atoms with Crippen LogP contribution in [0.5, 0.6) is 5.75 Å². The van der Waals surface area contributed by atoms with Gasteiger partial charge >= 0.3 is 0 Å². The van der Waals surface area contributed by atoms with Gasteiger partial charge in [0.15, 0.2) is 0 Å². The van der Waals surface area contributed by atoms with Gasteiger partial charge in [-0.1, -0.05) is 30.3 Å². The van der Waals surface area contributed by atoms with Gasteiger partial charge in [0.2, 0.25) is 0 Å². The van der Waals surface area contributed by atoms with Crippen molar-refractivity contribution >= 4 is 23.2 Å². The van der Waals surface area contributed by atoms with Crippen molar-refractivity contribution in [1.82, 2.24) is 0 Å². The van der Waals surface area contributed by atoms with Crippen molar-refractivity contribution in [3.8, 4) is 5.75 Å². The average Bonchev–Trinajstić information content (AvgIpc) is 2.73. The van der Waals surface area contributed by atoms with Gasteiger partial charge in [-0.2, -0.15) is 0 Å². The lowest BCUT2D eigenvalue weighted by molar-refractivity contribution is -0.112. The van der Waals surface area contributed by atoms with Crippen molar-refractivity contribution in [3.05, 3.63) is 59.7 Å². The van der Waals surface area contributed by atoms with E-state index >= 15 is 0 Å². The van der Waals surface area contributed by atoms with Crippen LogP contribution in [0.2, 0.25) is 0 Å². The fourth-order valence-corrected chi connectivity index (χ4v) is 2.41. The molecule has 3 nitrogen and oxygen atoms in total. The summed E-state index contributed by atoms with van der Waals surface area (Å²) < 4.78 is 5.25. The third kappa shape index (κ3) is 1.97. The molecule has 3 rings (SSSR count). The number of nitrogens with zero attached hydrogens (tertiary/aromatic N) is 1. The number of likely N-dealkylation sites (N-methyl/N-ethyl adjacent to an activating group) is 1. The molecule has 0 saturated carbocycles. The third-order valence-corrected chi connectivity index (χ3v) is 3.50. The van der Waals surface area contributed by atoms with E-state index in [9.17, 15) is 4.79 Å².